The van der Waals surface area contributed by atoms with Gasteiger partial charge in [-0.3, -0.25) is 4.79 Å². The molecular formula is C20H16BN3O. The van der Waals surface area contributed by atoms with Crippen LogP contribution in [0.4, 0.5) is 0 Å². The number of aromatic nitrogens is 3. The van der Waals surface area contributed by atoms with Gasteiger partial charge in [0.2, 0.25) is 0 Å². The Labute approximate surface area is 146 Å². The molecule has 5 heteroatoms. The number of fused-ring (bicyclic) bond motifs is 1. The minimum atomic E-state index is -0.119. The van der Waals surface area contributed by atoms with Crippen LogP contribution in [-0.2, 0) is 0 Å². The van der Waals surface area contributed by atoms with Gasteiger partial charge in [-0.05, 0) is 38.1 Å². The molecule has 2 aromatic carbocycles. The van der Waals surface area contributed by atoms with Crippen LogP contribution in [0.15, 0.2) is 65.6 Å². The summed E-state index contributed by atoms with van der Waals surface area (Å²) in [5.74, 6) is 0. The summed E-state index contributed by atoms with van der Waals surface area (Å²) in [4.78, 5) is 13.1. The van der Waals surface area contributed by atoms with Gasteiger partial charge >= 0.3 is 0 Å². The average molecular weight is 325 g/mol. The second kappa shape index (κ2) is 5.78. The maximum Gasteiger partial charge on any atom is 0.281 e. The minimum Gasteiger partial charge on any atom is -0.317 e. The molecule has 0 unspecified atom stereocenters. The van der Waals surface area contributed by atoms with Gasteiger partial charge in [0, 0.05) is 22.5 Å². The highest BCUT2D eigenvalue weighted by molar-refractivity contribution is 6.32. The van der Waals surface area contributed by atoms with Crippen LogP contribution in [0.3, 0.4) is 0 Å². The lowest BCUT2D eigenvalue weighted by Gasteiger charge is -2.10. The maximum atomic E-state index is 13.1. The molecule has 0 saturated heterocycles. The molecule has 2 heterocycles. The first-order valence-corrected chi connectivity index (χ1v) is 8.09. The third-order valence-corrected chi connectivity index (χ3v) is 4.53. The molecule has 4 nitrogen and oxygen atoms in total. The predicted molar refractivity (Wildman–Crippen MR) is 102 cm³/mol. The van der Waals surface area contributed by atoms with Gasteiger partial charge in [0.05, 0.1) is 17.3 Å². The van der Waals surface area contributed by atoms with Crippen LogP contribution < -0.4 is 11.0 Å². The van der Waals surface area contributed by atoms with Crippen LogP contribution in [0.25, 0.3) is 22.1 Å². The topological polar surface area (TPSA) is 39.8 Å². The standard InChI is InChI=1S/C20H16BN3O/c1-13-18-12-22-24(16-8-4-3-5-9-16)20(25)19(18)14(2)23(13)17-10-6-7-15(21)11-17/h3-12H,1-2H3. The molecule has 0 aliphatic heterocycles. The van der Waals surface area contributed by atoms with E-state index in [1.54, 1.807) is 6.20 Å². The Hall–Kier alpha value is -3.08. The summed E-state index contributed by atoms with van der Waals surface area (Å²) in [7, 11) is 5.93. The zero-order valence-electron chi connectivity index (χ0n) is 14.1. The number of aryl methyl sites for hydroxylation is 2. The Morgan fingerprint density at radius 3 is 2.36 bits per heavy atom. The molecule has 0 aliphatic rings. The largest absolute Gasteiger partial charge is 0.317 e. The van der Waals surface area contributed by atoms with Crippen LogP contribution >= 0.6 is 0 Å². The molecule has 0 spiro atoms. The first-order chi connectivity index (χ1) is 12.1. The predicted octanol–water partition coefficient (Wildman–Crippen LogP) is 2.59. The number of para-hydroxylation sites is 1. The van der Waals surface area contributed by atoms with Gasteiger partial charge in [0.25, 0.3) is 5.56 Å². The number of hydrogen-bond acceptors (Lipinski definition) is 2. The molecular weight excluding hydrogens is 309 g/mol. The Kier molecular flexibility index (Phi) is 3.57. The van der Waals surface area contributed by atoms with Crippen LogP contribution in [0.5, 0.6) is 0 Å². The molecule has 120 valence electrons. The van der Waals surface area contributed by atoms with Gasteiger partial charge in [0.1, 0.15) is 7.85 Å². The van der Waals surface area contributed by atoms with E-state index in [4.69, 9.17) is 7.85 Å². The van der Waals surface area contributed by atoms with E-state index in [9.17, 15) is 4.79 Å². The Morgan fingerprint density at radius 1 is 0.920 bits per heavy atom. The molecule has 0 amide bonds. The second-order valence-corrected chi connectivity index (χ2v) is 6.09. The smallest absolute Gasteiger partial charge is 0.281 e. The fraction of sp³-hybridized carbons (Fsp3) is 0.100. The molecule has 0 atom stereocenters. The molecule has 2 radical (unpaired) electrons. The zero-order chi connectivity index (χ0) is 17.6. The summed E-state index contributed by atoms with van der Waals surface area (Å²) in [6.07, 6.45) is 1.76. The van der Waals surface area contributed by atoms with Crippen molar-refractivity contribution in [3.05, 3.63) is 82.5 Å². The highest BCUT2D eigenvalue weighted by atomic mass is 16.1. The molecule has 0 bridgehead atoms. The first-order valence-electron chi connectivity index (χ1n) is 8.09. The SMILES string of the molecule is [B]c1cccc(-n2c(C)c3cnn(-c4ccccc4)c(=O)c3c2C)c1. The normalized spacial score (nSPS) is 11.1. The van der Waals surface area contributed by atoms with Gasteiger partial charge in [-0.2, -0.15) is 9.78 Å². The fourth-order valence-corrected chi connectivity index (χ4v) is 3.37. The van der Waals surface area contributed by atoms with E-state index in [2.05, 4.69) is 9.67 Å². The van der Waals surface area contributed by atoms with Gasteiger partial charge < -0.3 is 4.57 Å². The third-order valence-electron chi connectivity index (χ3n) is 4.53. The summed E-state index contributed by atoms with van der Waals surface area (Å²) in [6, 6.07) is 17.1. The molecule has 2 aromatic heterocycles. The van der Waals surface area contributed by atoms with Crippen molar-refractivity contribution in [2.24, 2.45) is 0 Å². The summed E-state index contributed by atoms with van der Waals surface area (Å²) >= 11 is 0. The molecule has 0 saturated carbocycles. The van der Waals surface area contributed by atoms with E-state index in [0.717, 1.165) is 28.1 Å². The quantitative estimate of drug-likeness (QED) is 0.532. The van der Waals surface area contributed by atoms with E-state index in [-0.39, 0.29) is 5.56 Å². The van der Waals surface area contributed by atoms with E-state index >= 15 is 0 Å². The number of rotatable bonds is 2. The molecule has 0 fully saturated rings. The van der Waals surface area contributed by atoms with Gasteiger partial charge in [-0.25, -0.2) is 0 Å². The van der Waals surface area contributed by atoms with Crippen LogP contribution in [0, 0.1) is 13.8 Å². The lowest BCUT2D eigenvalue weighted by atomic mass is 9.96. The Balaban J connectivity index is 2.03. The van der Waals surface area contributed by atoms with E-state index < -0.39 is 0 Å². The highest BCUT2D eigenvalue weighted by Crippen LogP contribution is 2.25. The van der Waals surface area contributed by atoms with E-state index in [1.807, 2.05) is 68.4 Å². The van der Waals surface area contributed by atoms with Crippen LogP contribution in [0.1, 0.15) is 11.4 Å². The lowest BCUT2D eigenvalue weighted by Crippen LogP contribution is -2.21. The van der Waals surface area contributed by atoms with E-state index in [0.29, 0.717) is 10.8 Å². The van der Waals surface area contributed by atoms with Crippen LogP contribution in [-0.4, -0.2) is 22.2 Å². The third kappa shape index (κ3) is 2.40. The monoisotopic (exact) mass is 325 g/mol. The van der Waals surface area contributed by atoms with Gasteiger partial charge in [-0.15, -0.1) is 0 Å². The molecule has 4 aromatic rings. The van der Waals surface area contributed by atoms with Crippen LogP contribution in [0.2, 0.25) is 0 Å². The van der Waals surface area contributed by atoms with Crippen molar-refractivity contribution in [1.29, 1.82) is 0 Å². The Bertz CT molecular complexity index is 1140. The van der Waals surface area contributed by atoms with Crippen molar-refractivity contribution in [2.75, 3.05) is 0 Å². The minimum absolute atomic E-state index is 0.119. The van der Waals surface area contributed by atoms with Gasteiger partial charge in [-0.1, -0.05) is 35.8 Å². The number of benzene rings is 2. The maximum absolute atomic E-state index is 13.1. The molecule has 0 aliphatic carbocycles. The zero-order valence-corrected chi connectivity index (χ0v) is 14.1. The second-order valence-electron chi connectivity index (χ2n) is 6.09. The summed E-state index contributed by atoms with van der Waals surface area (Å²) in [6.45, 7) is 3.95. The first kappa shape index (κ1) is 15.5. The highest BCUT2D eigenvalue weighted by Gasteiger charge is 2.17. The fourth-order valence-electron chi connectivity index (χ4n) is 3.37. The van der Waals surface area contributed by atoms with Crippen molar-refractivity contribution in [3.63, 3.8) is 0 Å². The van der Waals surface area contributed by atoms with E-state index in [1.165, 1.54) is 4.68 Å². The van der Waals surface area contributed by atoms with Crippen molar-refractivity contribution >= 4 is 24.1 Å². The van der Waals surface area contributed by atoms with Gasteiger partial charge in [0.15, 0.2) is 0 Å². The summed E-state index contributed by atoms with van der Waals surface area (Å²) < 4.78 is 3.50. The van der Waals surface area contributed by atoms with Crippen molar-refractivity contribution in [3.8, 4) is 11.4 Å². The summed E-state index contributed by atoms with van der Waals surface area (Å²) in [5.41, 5.74) is 4.12. The van der Waals surface area contributed by atoms with Crippen molar-refractivity contribution in [1.82, 2.24) is 14.3 Å². The Morgan fingerprint density at radius 2 is 1.64 bits per heavy atom. The van der Waals surface area contributed by atoms with Crippen molar-refractivity contribution < 1.29 is 0 Å². The van der Waals surface area contributed by atoms with Crippen molar-refractivity contribution in [2.45, 2.75) is 13.8 Å². The number of nitrogens with zero attached hydrogens (tertiary/aromatic N) is 3. The molecule has 0 N–H and O–H groups in total. The molecule has 25 heavy (non-hydrogen) atoms. The average Bonchev–Trinajstić information content (AvgIpc) is 2.87. The lowest BCUT2D eigenvalue weighted by molar-refractivity contribution is 0.821. The number of hydrogen-bond donors (Lipinski definition) is 0. The molecule has 4 rings (SSSR count). The summed E-state index contributed by atoms with van der Waals surface area (Å²) in [5, 5.41) is 5.91.